The molecule has 2 rings (SSSR count). The second-order valence-electron chi connectivity index (χ2n) is 3.77. The van der Waals surface area contributed by atoms with E-state index in [0.717, 1.165) is 53.7 Å². The summed E-state index contributed by atoms with van der Waals surface area (Å²) in [6.07, 6.45) is 0. The molecule has 0 spiro atoms. The standard InChI is InChI=1S/2C6Br6/c2*7-1-2(8)4(10)6(12)5(11)3(1)9. The topological polar surface area (TPSA) is 0 Å². The molecule has 0 heterocycles. The van der Waals surface area contributed by atoms with Crippen molar-refractivity contribution in [2.45, 2.75) is 0 Å². The molecule has 0 aliphatic heterocycles. The highest BCUT2D eigenvalue weighted by Gasteiger charge is 2.16. The van der Waals surface area contributed by atoms with Crippen molar-refractivity contribution in [1.29, 1.82) is 0 Å². The van der Waals surface area contributed by atoms with Gasteiger partial charge >= 0.3 is 0 Å². The molecule has 24 heavy (non-hydrogen) atoms. The van der Waals surface area contributed by atoms with Crippen molar-refractivity contribution in [2.24, 2.45) is 0 Å². The lowest BCUT2D eigenvalue weighted by atomic mass is 10.4. The average molecular weight is 1100 g/mol. The van der Waals surface area contributed by atoms with Crippen molar-refractivity contribution in [1.82, 2.24) is 0 Å². The van der Waals surface area contributed by atoms with Crippen LogP contribution in [0.15, 0.2) is 53.7 Å². The summed E-state index contributed by atoms with van der Waals surface area (Å²) in [5, 5.41) is 0. The lowest BCUT2D eigenvalue weighted by Crippen LogP contribution is -1.81. The van der Waals surface area contributed by atoms with Crippen LogP contribution in [0.3, 0.4) is 0 Å². The molecule has 0 saturated heterocycles. The second kappa shape index (κ2) is 11.6. The maximum absolute atomic E-state index is 3.44. The van der Waals surface area contributed by atoms with Crippen LogP contribution < -0.4 is 0 Å². The van der Waals surface area contributed by atoms with Gasteiger partial charge in [-0.3, -0.25) is 0 Å². The van der Waals surface area contributed by atoms with E-state index in [1.54, 1.807) is 0 Å². The Labute approximate surface area is 240 Å². The molecule has 0 aliphatic carbocycles. The minimum atomic E-state index is 0.976. The Morgan fingerprint density at radius 2 is 0.208 bits per heavy atom. The van der Waals surface area contributed by atoms with Crippen LogP contribution >= 0.6 is 191 Å². The van der Waals surface area contributed by atoms with E-state index in [4.69, 9.17) is 0 Å². The third-order valence-electron chi connectivity index (χ3n) is 2.31. The predicted molar refractivity (Wildman–Crippen MR) is 145 cm³/mol. The van der Waals surface area contributed by atoms with E-state index < -0.39 is 0 Å². The smallest absolute Gasteiger partial charge is 0.0483 e. The largest absolute Gasteiger partial charge is 0.0483 e. The molecule has 0 fully saturated rings. The highest BCUT2D eigenvalue weighted by molar-refractivity contribution is 9.17. The van der Waals surface area contributed by atoms with Crippen LogP contribution in [-0.4, -0.2) is 0 Å². The molecular formula is C12Br12. The Balaban J connectivity index is 0.000000240. The van der Waals surface area contributed by atoms with Gasteiger partial charge in [0.05, 0.1) is 0 Å². The number of hydrogen-bond acceptors (Lipinski definition) is 0. The molecule has 0 amide bonds. The Morgan fingerprint density at radius 1 is 0.167 bits per heavy atom. The molecule has 0 aromatic heterocycles. The van der Waals surface area contributed by atoms with E-state index in [1.165, 1.54) is 0 Å². The minimum Gasteiger partial charge on any atom is -0.0483 e. The van der Waals surface area contributed by atoms with E-state index in [1.807, 2.05) is 0 Å². The molecule has 2 aromatic carbocycles. The Morgan fingerprint density at radius 3 is 0.250 bits per heavy atom. The number of benzene rings is 2. The van der Waals surface area contributed by atoms with Gasteiger partial charge in [-0.2, -0.15) is 0 Å². The molecule has 0 aliphatic rings. The van der Waals surface area contributed by atoms with Gasteiger partial charge in [-0.1, -0.05) is 0 Å². The van der Waals surface area contributed by atoms with Crippen molar-refractivity contribution in [3.63, 3.8) is 0 Å². The molecule has 0 N–H and O–H groups in total. The van der Waals surface area contributed by atoms with Crippen molar-refractivity contribution in [2.75, 3.05) is 0 Å². The van der Waals surface area contributed by atoms with Gasteiger partial charge in [0.15, 0.2) is 0 Å². The van der Waals surface area contributed by atoms with E-state index in [9.17, 15) is 0 Å². The van der Waals surface area contributed by atoms with Crippen LogP contribution in [0.25, 0.3) is 0 Å². The normalized spacial score (nSPS) is 10.5. The Kier molecular flexibility index (Phi) is 12.6. The predicted octanol–water partition coefficient (Wildman–Crippen LogP) is 12.5. The van der Waals surface area contributed by atoms with Crippen LogP contribution in [0, 0.1) is 0 Å². The fourth-order valence-corrected chi connectivity index (χ4v) is 9.11. The summed E-state index contributed by atoms with van der Waals surface area (Å²) in [5.41, 5.74) is 0. The quantitative estimate of drug-likeness (QED) is 0.182. The molecule has 2 aromatic rings. The average Bonchev–Trinajstić information content (AvgIpc) is 2.58. The summed E-state index contributed by atoms with van der Waals surface area (Å²) in [6, 6.07) is 0. The highest BCUT2D eigenvalue weighted by atomic mass is 79.9. The Hall–Kier alpha value is 4.20. The van der Waals surface area contributed by atoms with Gasteiger partial charge in [-0.05, 0) is 191 Å². The molecule has 0 nitrogen and oxygen atoms in total. The van der Waals surface area contributed by atoms with Crippen LogP contribution in [-0.2, 0) is 0 Å². The zero-order valence-electron chi connectivity index (χ0n) is 10.5. The van der Waals surface area contributed by atoms with Gasteiger partial charge in [0.2, 0.25) is 0 Å². The zero-order chi connectivity index (χ0) is 18.9. The third-order valence-corrected chi connectivity index (χ3v) is 18.2. The Bertz CT molecular complexity index is 520. The van der Waals surface area contributed by atoms with Crippen molar-refractivity contribution in [3.05, 3.63) is 53.7 Å². The number of hydrogen-bond donors (Lipinski definition) is 0. The summed E-state index contributed by atoms with van der Waals surface area (Å²) < 4.78 is 11.7. The lowest BCUT2D eigenvalue weighted by Gasteiger charge is -2.08. The van der Waals surface area contributed by atoms with E-state index in [0.29, 0.717) is 0 Å². The monoisotopic (exact) mass is 1090 g/mol. The third kappa shape index (κ3) is 6.11. The van der Waals surface area contributed by atoms with Gasteiger partial charge in [-0.15, -0.1) is 0 Å². The van der Waals surface area contributed by atoms with Crippen LogP contribution in [0.4, 0.5) is 0 Å². The summed E-state index contributed by atoms with van der Waals surface area (Å²) >= 11 is 41.3. The van der Waals surface area contributed by atoms with Crippen molar-refractivity contribution in [3.8, 4) is 0 Å². The zero-order valence-corrected chi connectivity index (χ0v) is 29.6. The maximum Gasteiger partial charge on any atom is 0.0483 e. The fraction of sp³-hybridized carbons (Fsp3) is 0. The highest BCUT2D eigenvalue weighted by Crippen LogP contribution is 2.47. The second-order valence-corrected chi connectivity index (χ2v) is 13.3. The molecule has 0 radical (unpaired) electrons. The molecule has 0 atom stereocenters. The van der Waals surface area contributed by atoms with Crippen LogP contribution in [0.2, 0.25) is 0 Å². The minimum absolute atomic E-state index is 0.976. The number of rotatable bonds is 0. The molecule has 0 bridgehead atoms. The SMILES string of the molecule is Brc1c(Br)c(Br)c(Br)c(Br)c1Br.Brc1c(Br)c(Br)c(Br)c(Br)c1Br. The molecule has 12 heteroatoms. The fourth-order valence-electron chi connectivity index (χ4n) is 1.16. The first kappa shape index (κ1) is 26.2. The molecular weight excluding hydrogens is 1100 g/mol. The van der Waals surface area contributed by atoms with E-state index in [2.05, 4.69) is 191 Å². The summed E-state index contributed by atoms with van der Waals surface area (Å²) in [4.78, 5) is 0. The molecule has 0 unspecified atom stereocenters. The van der Waals surface area contributed by atoms with Crippen molar-refractivity contribution >= 4 is 191 Å². The summed E-state index contributed by atoms with van der Waals surface area (Å²) in [6.45, 7) is 0. The first-order chi connectivity index (χ1) is 10.9. The first-order valence-corrected chi connectivity index (χ1v) is 14.8. The van der Waals surface area contributed by atoms with E-state index >= 15 is 0 Å². The first-order valence-electron chi connectivity index (χ1n) is 5.27. The number of halogens is 12. The van der Waals surface area contributed by atoms with Gasteiger partial charge in [-0.25, -0.2) is 0 Å². The lowest BCUT2D eigenvalue weighted by molar-refractivity contribution is 1.42. The van der Waals surface area contributed by atoms with Gasteiger partial charge in [0.1, 0.15) is 0 Å². The van der Waals surface area contributed by atoms with E-state index in [-0.39, 0.29) is 0 Å². The maximum atomic E-state index is 3.44. The van der Waals surface area contributed by atoms with Crippen LogP contribution in [0.5, 0.6) is 0 Å². The van der Waals surface area contributed by atoms with Crippen LogP contribution in [0.1, 0.15) is 0 Å². The van der Waals surface area contributed by atoms with Gasteiger partial charge in [0, 0.05) is 53.7 Å². The summed E-state index contributed by atoms with van der Waals surface area (Å²) in [5.74, 6) is 0. The van der Waals surface area contributed by atoms with Gasteiger partial charge in [0.25, 0.3) is 0 Å². The molecule has 0 saturated carbocycles. The molecule has 132 valence electrons. The van der Waals surface area contributed by atoms with Crippen molar-refractivity contribution < 1.29 is 0 Å². The summed E-state index contributed by atoms with van der Waals surface area (Å²) in [7, 11) is 0. The van der Waals surface area contributed by atoms with Gasteiger partial charge < -0.3 is 0 Å².